The van der Waals surface area contributed by atoms with Gasteiger partial charge < -0.3 is 10.6 Å². The number of anilines is 1. The van der Waals surface area contributed by atoms with Crippen molar-refractivity contribution in [3.8, 4) is 0 Å². The Balaban J connectivity index is 2.15. The summed E-state index contributed by atoms with van der Waals surface area (Å²) < 4.78 is 1.89. The van der Waals surface area contributed by atoms with Crippen LogP contribution in [-0.4, -0.2) is 21.4 Å². The topological polar surface area (TPSA) is 41.9 Å². The molecule has 0 radical (unpaired) electrons. The number of hydrogen-bond acceptors (Lipinski definition) is 2. The molecule has 1 heterocycles. The van der Waals surface area contributed by atoms with Crippen LogP contribution in [0.2, 0.25) is 10.0 Å². The van der Waals surface area contributed by atoms with Gasteiger partial charge in [-0.05, 0) is 44.6 Å². The summed E-state index contributed by atoms with van der Waals surface area (Å²) in [6.45, 7) is 7.49. The molecule has 2 rings (SSSR count). The monoisotopic (exact) mass is 384 g/mol. The largest absolute Gasteiger partial charge is 0.362 e. The van der Waals surface area contributed by atoms with E-state index in [9.17, 15) is 0 Å². The van der Waals surface area contributed by atoms with Gasteiger partial charge in [0.05, 0.1) is 23.6 Å². The number of hydrogen-bond donors (Lipinski definition) is 2. The van der Waals surface area contributed by atoms with E-state index in [2.05, 4.69) is 22.7 Å². The van der Waals surface area contributed by atoms with Gasteiger partial charge in [0.15, 0.2) is 5.11 Å². The number of aromatic nitrogens is 2. The van der Waals surface area contributed by atoms with E-state index < -0.39 is 0 Å². The molecule has 0 atom stereocenters. The summed E-state index contributed by atoms with van der Waals surface area (Å²) in [5, 5.41) is 12.9. The van der Waals surface area contributed by atoms with Gasteiger partial charge in [-0.25, -0.2) is 0 Å². The molecule has 0 aliphatic heterocycles. The van der Waals surface area contributed by atoms with Gasteiger partial charge in [-0.3, -0.25) is 4.68 Å². The Hall–Kier alpha value is -1.30. The summed E-state index contributed by atoms with van der Waals surface area (Å²) in [7, 11) is 0. The molecular weight excluding hydrogens is 363 g/mol. The van der Waals surface area contributed by atoms with E-state index >= 15 is 0 Å². The van der Waals surface area contributed by atoms with Gasteiger partial charge >= 0.3 is 0 Å². The van der Waals surface area contributed by atoms with Gasteiger partial charge in [0.2, 0.25) is 0 Å². The average molecular weight is 385 g/mol. The molecule has 1 aromatic carbocycles. The molecule has 2 aromatic rings. The number of nitrogens with zero attached hydrogens (tertiary/aromatic N) is 2. The zero-order valence-corrected chi connectivity index (χ0v) is 16.4. The summed E-state index contributed by atoms with van der Waals surface area (Å²) >= 11 is 17.9. The lowest BCUT2D eigenvalue weighted by Crippen LogP contribution is -2.29. The fraction of sp³-hybridized carbons (Fsp3) is 0.412. The second-order valence-electron chi connectivity index (χ2n) is 5.64. The maximum atomic E-state index is 6.26. The third-order valence-corrected chi connectivity index (χ3v) is 4.76. The van der Waals surface area contributed by atoms with Gasteiger partial charge in [0, 0.05) is 22.2 Å². The normalized spacial score (nSPS) is 10.7. The maximum Gasteiger partial charge on any atom is 0.170 e. The third-order valence-electron chi connectivity index (χ3n) is 3.81. The highest BCUT2D eigenvalue weighted by molar-refractivity contribution is 7.80. The predicted octanol–water partition coefficient (Wildman–Crippen LogP) is 4.94. The third kappa shape index (κ3) is 4.62. The molecule has 130 valence electrons. The Morgan fingerprint density at radius 2 is 1.92 bits per heavy atom. The molecule has 7 heteroatoms. The molecule has 0 amide bonds. The van der Waals surface area contributed by atoms with E-state index in [1.165, 1.54) is 0 Å². The first-order valence-corrected chi connectivity index (χ1v) is 9.12. The van der Waals surface area contributed by atoms with Crippen LogP contribution in [0.25, 0.3) is 0 Å². The second kappa shape index (κ2) is 8.70. The van der Waals surface area contributed by atoms with Crippen LogP contribution in [0.5, 0.6) is 0 Å². The van der Waals surface area contributed by atoms with Crippen LogP contribution in [0, 0.1) is 13.8 Å². The van der Waals surface area contributed by atoms with Crippen molar-refractivity contribution in [2.75, 3.05) is 11.9 Å². The number of halogens is 2. The number of benzene rings is 1. The molecule has 0 bridgehead atoms. The summed E-state index contributed by atoms with van der Waals surface area (Å²) in [5.41, 5.74) is 3.66. The van der Waals surface area contributed by atoms with Crippen LogP contribution < -0.4 is 10.6 Å². The van der Waals surface area contributed by atoms with Crippen LogP contribution >= 0.6 is 35.4 Å². The van der Waals surface area contributed by atoms with Crippen LogP contribution in [-0.2, 0) is 6.54 Å². The van der Waals surface area contributed by atoms with Crippen molar-refractivity contribution in [1.82, 2.24) is 15.1 Å². The molecule has 0 unspecified atom stereocenters. The lowest BCUT2D eigenvalue weighted by Gasteiger charge is -2.11. The Bertz CT molecular complexity index is 707. The highest BCUT2D eigenvalue weighted by atomic mass is 35.5. The van der Waals surface area contributed by atoms with Crippen LogP contribution in [0.1, 0.15) is 36.7 Å². The molecule has 0 saturated carbocycles. The quantitative estimate of drug-likeness (QED) is 0.546. The lowest BCUT2D eigenvalue weighted by atomic mass is 10.2. The van der Waals surface area contributed by atoms with E-state index in [0.717, 1.165) is 42.0 Å². The fourth-order valence-electron chi connectivity index (χ4n) is 2.40. The summed E-state index contributed by atoms with van der Waals surface area (Å²) in [6.07, 6.45) is 2.22. The molecule has 0 aliphatic carbocycles. The molecule has 0 fully saturated rings. The van der Waals surface area contributed by atoms with E-state index in [1.54, 1.807) is 0 Å². The fourth-order valence-corrected chi connectivity index (χ4v) is 3.12. The van der Waals surface area contributed by atoms with Crippen molar-refractivity contribution in [1.29, 1.82) is 0 Å². The Labute approximate surface area is 158 Å². The zero-order valence-electron chi connectivity index (χ0n) is 14.1. The van der Waals surface area contributed by atoms with E-state index in [0.29, 0.717) is 21.7 Å². The first kappa shape index (κ1) is 19.0. The number of thiocarbonyl (C=S) groups is 1. The minimum absolute atomic E-state index is 0.517. The molecule has 2 N–H and O–H groups in total. The first-order valence-electron chi connectivity index (χ1n) is 7.95. The van der Waals surface area contributed by atoms with Crippen molar-refractivity contribution in [3.05, 3.63) is 45.2 Å². The zero-order chi connectivity index (χ0) is 17.7. The van der Waals surface area contributed by atoms with Crippen LogP contribution in [0.15, 0.2) is 18.2 Å². The molecule has 24 heavy (non-hydrogen) atoms. The van der Waals surface area contributed by atoms with E-state index in [4.69, 9.17) is 35.4 Å². The number of nitrogens with one attached hydrogen (secondary N) is 2. The molecule has 0 aliphatic rings. The van der Waals surface area contributed by atoms with Gasteiger partial charge in [0.1, 0.15) is 0 Å². The van der Waals surface area contributed by atoms with Crippen molar-refractivity contribution in [2.24, 2.45) is 0 Å². The van der Waals surface area contributed by atoms with Crippen molar-refractivity contribution in [3.63, 3.8) is 0 Å². The minimum Gasteiger partial charge on any atom is -0.362 e. The number of aryl methyl sites for hydroxylation is 1. The highest BCUT2D eigenvalue weighted by Crippen LogP contribution is 2.27. The van der Waals surface area contributed by atoms with Crippen LogP contribution in [0.3, 0.4) is 0 Å². The van der Waals surface area contributed by atoms with E-state index in [-0.39, 0.29) is 0 Å². The van der Waals surface area contributed by atoms with Crippen molar-refractivity contribution >= 4 is 46.2 Å². The molecular formula is C17H22Cl2N4S. The van der Waals surface area contributed by atoms with Gasteiger partial charge in [-0.1, -0.05) is 42.6 Å². The lowest BCUT2D eigenvalue weighted by molar-refractivity contribution is 0.659. The Kier molecular flexibility index (Phi) is 6.90. The standard InChI is InChI=1S/C17H22Cl2N4S/c1-4-5-9-20-17(24)21-16-11(2)22-23(12(16)3)10-13-14(18)7-6-8-15(13)19/h6-8H,4-5,9-10H2,1-3H3,(H2,20,21,24). The Morgan fingerprint density at radius 1 is 1.25 bits per heavy atom. The smallest absolute Gasteiger partial charge is 0.170 e. The molecule has 4 nitrogen and oxygen atoms in total. The van der Waals surface area contributed by atoms with Gasteiger partial charge in [-0.15, -0.1) is 0 Å². The molecule has 0 saturated heterocycles. The van der Waals surface area contributed by atoms with Crippen molar-refractivity contribution < 1.29 is 0 Å². The maximum absolute atomic E-state index is 6.26. The van der Waals surface area contributed by atoms with Gasteiger partial charge in [-0.2, -0.15) is 5.10 Å². The average Bonchev–Trinajstić information content (AvgIpc) is 2.79. The molecule has 1 aromatic heterocycles. The first-order chi connectivity index (χ1) is 11.4. The summed E-state index contributed by atoms with van der Waals surface area (Å²) in [5.74, 6) is 0. The van der Waals surface area contributed by atoms with Crippen LogP contribution in [0.4, 0.5) is 5.69 Å². The second-order valence-corrected chi connectivity index (χ2v) is 6.86. The SMILES string of the molecule is CCCCNC(=S)Nc1c(C)nn(Cc2c(Cl)cccc2Cl)c1C. The molecule has 0 spiro atoms. The highest BCUT2D eigenvalue weighted by Gasteiger charge is 2.15. The Morgan fingerprint density at radius 3 is 2.54 bits per heavy atom. The number of rotatable bonds is 6. The minimum atomic E-state index is 0.517. The summed E-state index contributed by atoms with van der Waals surface area (Å²) in [6, 6.07) is 5.50. The summed E-state index contributed by atoms with van der Waals surface area (Å²) in [4.78, 5) is 0. The number of unbranched alkanes of at least 4 members (excludes halogenated alkanes) is 1. The van der Waals surface area contributed by atoms with Gasteiger partial charge in [0.25, 0.3) is 0 Å². The van der Waals surface area contributed by atoms with Crippen molar-refractivity contribution in [2.45, 2.75) is 40.2 Å². The predicted molar refractivity (Wildman–Crippen MR) is 106 cm³/mol. The van der Waals surface area contributed by atoms with E-state index in [1.807, 2.05) is 36.7 Å².